The van der Waals surface area contributed by atoms with Crippen LogP contribution in [0.3, 0.4) is 0 Å². The van der Waals surface area contributed by atoms with Gasteiger partial charge in [-0.15, -0.1) is 0 Å². The number of sulfonamides is 1. The Morgan fingerprint density at radius 1 is 1.06 bits per heavy atom. The molecule has 182 valence electrons. The largest absolute Gasteiger partial charge is 0.497 e. The number of methoxy groups -OCH3 is 2. The Morgan fingerprint density at radius 2 is 1.68 bits per heavy atom. The van der Waals surface area contributed by atoms with Crippen molar-refractivity contribution in [3.05, 3.63) is 70.8 Å². The van der Waals surface area contributed by atoms with Gasteiger partial charge in [0.1, 0.15) is 23.4 Å². The number of hydrogen-bond donors (Lipinski definition) is 1. The summed E-state index contributed by atoms with van der Waals surface area (Å²) in [4.78, 5) is 18.0. The van der Waals surface area contributed by atoms with Crippen LogP contribution in [0.25, 0.3) is 0 Å². The van der Waals surface area contributed by atoms with E-state index in [0.717, 1.165) is 4.31 Å². The average Bonchev–Trinajstić information content (AvgIpc) is 3.23. The van der Waals surface area contributed by atoms with Crippen LogP contribution in [-0.4, -0.2) is 56.5 Å². The van der Waals surface area contributed by atoms with Gasteiger partial charge in [0.25, 0.3) is 5.91 Å². The lowest BCUT2D eigenvalue weighted by Gasteiger charge is -2.21. The zero-order valence-corrected chi connectivity index (χ0v) is 21.2. The van der Waals surface area contributed by atoms with Crippen molar-refractivity contribution in [2.45, 2.75) is 24.8 Å². The number of amides is 1. The summed E-state index contributed by atoms with van der Waals surface area (Å²) in [6.45, 7) is 3.51. The van der Waals surface area contributed by atoms with Gasteiger partial charge in [-0.2, -0.15) is 0 Å². The fourth-order valence-corrected chi connectivity index (χ4v) is 4.80. The molecule has 0 aliphatic carbocycles. The summed E-state index contributed by atoms with van der Waals surface area (Å²) >= 11 is 0. The Labute approximate surface area is 200 Å². The van der Waals surface area contributed by atoms with E-state index in [2.05, 4.69) is 10.3 Å². The molecule has 2 aromatic carbocycles. The summed E-state index contributed by atoms with van der Waals surface area (Å²) in [5, 5.41) is 3.01. The molecule has 3 rings (SSSR count). The first-order valence-electron chi connectivity index (χ1n) is 10.5. The first-order chi connectivity index (χ1) is 16.0. The first-order valence-corrected chi connectivity index (χ1v) is 12.0. The number of aromatic nitrogens is 2. The zero-order chi connectivity index (χ0) is 25.2. The summed E-state index contributed by atoms with van der Waals surface area (Å²) in [6.07, 6.45) is 3.42. The van der Waals surface area contributed by atoms with Crippen LogP contribution in [0.2, 0.25) is 0 Å². The van der Waals surface area contributed by atoms with Crippen molar-refractivity contribution in [3.8, 4) is 11.5 Å². The maximum Gasteiger partial charge on any atom is 0.252 e. The van der Waals surface area contributed by atoms with Crippen molar-refractivity contribution < 1.29 is 22.7 Å². The molecule has 0 spiro atoms. The Balaban J connectivity index is 2.10. The second-order valence-electron chi connectivity index (χ2n) is 8.15. The third kappa shape index (κ3) is 4.92. The van der Waals surface area contributed by atoms with E-state index in [1.807, 2.05) is 7.05 Å². The van der Waals surface area contributed by atoms with Gasteiger partial charge in [0.05, 0.1) is 19.1 Å². The van der Waals surface area contributed by atoms with E-state index < -0.39 is 22.0 Å². The molecule has 34 heavy (non-hydrogen) atoms. The number of ether oxygens (including phenoxy) is 2. The van der Waals surface area contributed by atoms with Gasteiger partial charge in [-0.1, -0.05) is 0 Å². The van der Waals surface area contributed by atoms with Crippen molar-refractivity contribution in [2.24, 2.45) is 7.05 Å². The number of aryl methyl sites for hydroxylation is 2. The Hall–Kier alpha value is -3.37. The van der Waals surface area contributed by atoms with Crippen molar-refractivity contribution in [2.75, 3.05) is 28.3 Å². The predicted molar refractivity (Wildman–Crippen MR) is 129 cm³/mol. The Bertz CT molecular complexity index is 1290. The molecule has 0 fully saturated rings. The number of nitrogens with zero attached hydrogens (tertiary/aromatic N) is 3. The van der Waals surface area contributed by atoms with E-state index in [1.54, 1.807) is 69.3 Å². The molecule has 1 aromatic heterocycles. The molecule has 10 heteroatoms. The van der Waals surface area contributed by atoms with Crippen LogP contribution in [0.4, 0.5) is 0 Å². The SMILES string of the molecule is COc1cc(OC)cc(C(NC(=O)c2cc(C)c(C)c(S(=O)(=O)N(C)C)c2)c2nccn2C)c1. The number of rotatable bonds is 8. The smallest absolute Gasteiger partial charge is 0.252 e. The third-order valence-corrected chi connectivity index (χ3v) is 7.68. The van der Waals surface area contributed by atoms with E-state index in [9.17, 15) is 13.2 Å². The quantitative estimate of drug-likeness (QED) is 0.525. The number of carbonyl (C=O) groups excluding carboxylic acids is 1. The summed E-state index contributed by atoms with van der Waals surface area (Å²) in [7, 11) is 4.12. The first kappa shape index (κ1) is 25.3. The topological polar surface area (TPSA) is 103 Å². The average molecular weight is 487 g/mol. The minimum absolute atomic E-state index is 0.0965. The van der Waals surface area contributed by atoms with Crippen LogP contribution in [0, 0.1) is 13.8 Å². The molecular formula is C24H30N4O5S. The van der Waals surface area contributed by atoms with E-state index in [-0.39, 0.29) is 10.5 Å². The lowest BCUT2D eigenvalue weighted by atomic mass is 10.0. The number of carbonyl (C=O) groups is 1. The van der Waals surface area contributed by atoms with E-state index >= 15 is 0 Å². The molecule has 0 saturated carbocycles. The lowest BCUT2D eigenvalue weighted by Crippen LogP contribution is -2.31. The molecule has 1 amide bonds. The molecule has 0 aliphatic rings. The molecule has 0 aliphatic heterocycles. The van der Waals surface area contributed by atoms with Gasteiger partial charge < -0.3 is 19.4 Å². The van der Waals surface area contributed by atoms with Gasteiger partial charge in [-0.25, -0.2) is 17.7 Å². The Kier molecular flexibility index (Phi) is 7.32. The number of nitrogens with one attached hydrogen (secondary N) is 1. The monoisotopic (exact) mass is 486 g/mol. The summed E-state index contributed by atoms with van der Waals surface area (Å²) in [5.41, 5.74) is 2.23. The van der Waals surface area contributed by atoms with Crippen LogP contribution in [0.15, 0.2) is 47.6 Å². The molecule has 9 nitrogen and oxygen atoms in total. The molecule has 1 atom stereocenters. The minimum Gasteiger partial charge on any atom is -0.497 e. The van der Waals surface area contributed by atoms with Gasteiger partial charge in [0.2, 0.25) is 10.0 Å². The van der Waals surface area contributed by atoms with Crippen molar-refractivity contribution in [1.82, 2.24) is 19.2 Å². The highest BCUT2D eigenvalue weighted by molar-refractivity contribution is 7.89. The summed E-state index contributed by atoms with van der Waals surface area (Å²) < 4.78 is 39.4. The lowest BCUT2D eigenvalue weighted by molar-refractivity contribution is 0.0940. The maximum absolute atomic E-state index is 13.4. The van der Waals surface area contributed by atoms with Crippen LogP contribution < -0.4 is 14.8 Å². The third-order valence-electron chi connectivity index (χ3n) is 5.74. The van der Waals surface area contributed by atoms with Crippen LogP contribution in [0.5, 0.6) is 11.5 Å². The molecule has 1 N–H and O–H groups in total. The van der Waals surface area contributed by atoms with E-state index in [4.69, 9.17) is 9.47 Å². The Morgan fingerprint density at radius 3 is 2.18 bits per heavy atom. The second kappa shape index (κ2) is 9.86. The van der Waals surface area contributed by atoms with Gasteiger partial charge in [-0.05, 0) is 54.8 Å². The molecule has 3 aromatic rings. The fourth-order valence-electron chi connectivity index (χ4n) is 3.59. The van der Waals surface area contributed by atoms with Gasteiger partial charge in [-0.3, -0.25) is 4.79 Å². The van der Waals surface area contributed by atoms with Gasteiger partial charge in [0, 0.05) is 45.2 Å². The molecule has 1 heterocycles. The number of imidazole rings is 1. The predicted octanol–water partition coefficient (Wildman–Crippen LogP) is 2.82. The number of benzene rings is 2. The second-order valence-corrected chi connectivity index (χ2v) is 10.3. The highest BCUT2D eigenvalue weighted by Crippen LogP contribution is 2.30. The van der Waals surface area contributed by atoms with Gasteiger partial charge in [0.15, 0.2) is 0 Å². The van der Waals surface area contributed by atoms with Gasteiger partial charge >= 0.3 is 0 Å². The highest BCUT2D eigenvalue weighted by atomic mass is 32.2. The molecular weight excluding hydrogens is 456 g/mol. The summed E-state index contributed by atoms with van der Waals surface area (Å²) in [6, 6.07) is 7.78. The van der Waals surface area contributed by atoms with E-state index in [1.165, 1.54) is 20.2 Å². The fraction of sp³-hybridized carbons (Fsp3) is 0.333. The highest BCUT2D eigenvalue weighted by Gasteiger charge is 2.26. The number of hydrogen-bond acceptors (Lipinski definition) is 6. The zero-order valence-electron chi connectivity index (χ0n) is 20.4. The van der Waals surface area contributed by atoms with Crippen molar-refractivity contribution in [1.29, 1.82) is 0 Å². The molecule has 1 unspecified atom stereocenters. The normalized spacial score (nSPS) is 12.5. The van der Waals surface area contributed by atoms with Crippen LogP contribution in [-0.2, 0) is 17.1 Å². The molecule has 0 bridgehead atoms. The van der Waals surface area contributed by atoms with Crippen molar-refractivity contribution >= 4 is 15.9 Å². The molecule has 0 radical (unpaired) electrons. The molecule has 0 saturated heterocycles. The summed E-state index contributed by atoms with van der Waals surface area (Å²) in [5.74, 6) is 1.28. The van der Waals surface area contributed by atoms with Crippen LogP contribution in [0.1, 0.15) is 38.9 Å². The van der Waals surface area contributed by atoms with Crippen LogP contribution >= 0.6 is 0 Å². The van der Waals surface area contributed by atoms with E-state index in [0.29, 0.717) is 34.0 Å². The van der Waals surface area contributed by atoms with Crippen molar-refractivity contribution in [3.63, 3.8) is 0 Å². The maximum atomic E-state index is 13.4. The minimum atomic E-state index is -3.73. The standard InChI is InChI=1S/C24H30N4O5S/c1-15-10-18(13-21(16(15)2)34(30,31)27(3)4)24(29)26-22(23-25-8-9-28(23)5)17-11-19(32-6)14-20(12-17)33-7/h8-14,22H,1-7H3,(H,26,29).